The number of fused-ring (bicyclic) bond motifs is 2. The molecule has 10 rings (SSSR count). The number of thioether (sulfide) groups is 1. The Hall–Kier alpha value is -6.23. The highest BCUT2D eigenvalue weighted by Gasteiger charge is 2.19. The Bertz CT molecular complexity index is 3220. The predicted octanol–water partition coefficient (Wildman–Crippen LogP) is 11.8. The molecule has 72 heavy (non-hydrogen) atoms. The molecule has 0 spiro atoms. The Morgan fingerprint density at radius 3 is 1.56 bits per heavy atom. The number of rotatable bonds is 11. The van der Waals surface area contributed by atoms with Gasteiger partial charge in [0.1, 0.15) is 28.5 Å². The molecule has 370 valence electrons. The zero-order chi connectivity index (χ0) is 50.7. The first-order valence-corrected chi connectivity index (χ1v) is 26.5. The zero-order valence-corrected chi connectivity index (χ0v) is 43.0. The highest BCUT2D eigenvalue weighted by Crippen LogP contribution is 2.38. The summed E-state index contributed by atoms with van der Waals surface area (Å²) in [6.07, 6.45) is 9.20. The van der Waals surface area contributed by atoms with E-state index in [1.165, 1.54) is 82.2 Å². The van der Waals surface area contributed by atoms with Crippen molar-refractivity contribution in [3.05, 3.63) is 141 Å². The van der Waals surface area contributed by atoms with Gasteiger partial charge in [-0.05, 0) is 130 Å². The van der Waals surface area contributed by atoms with Gasteiger partial charge in [-0.1, -0.05) is 70.6 Å². The van der Waals surface area contributed by atoms with Gasteiger partial charge in [0.2, 0.25) is 0 Å². The fourth-order valence-corrected chi connectivity index (χ4v) is 10.7. The molecule has 2 saturated heterocycles. The average molecular weight is 1060 g/mol. The van der Waals surface area contributed by atoms with Crippen LogP contribution in [0.15, 0.2) is 102 Å². The van der Waals surface area contributed by atoms with E-state index in [4.69, 9.17) is 40.4 Å². The summed E-state index contributed by atoms with van der Waals surface area (Å²) in [6.45, 7) is 6.23. The molecule has 0 radical (unpaired) electrons. The largest absolute Gasteiger partial charge is 0.399 e. The molecule has 4 aromatic heterocycles. The third-order valence-corrected chi connectivity index (χ3v) is 15.5. The van der Waals surface area contributed by atoms with Crippen molar-refractivity contribution in [2.45, 2.75) is 55.2 Å². The van der Waals surface area contributed by atoms with E-state index in [2.05, 4.69) is 82.1 Å². The van der Waals surface area contributed by atoms with Crippen molar-refractivity contribution in [3.63, 3.8) is 0 Å². The highest BCUT2D eigenvalue weighted by molar-refractivity contribution is 8.00. The van der Waals surface area contributed by atoms with Crippen LogP contribution in [0.4, 0.5) is 48.0 Å². The number of hydrogen-bond acceptors (Lipinski definition) is 17. The number of hydrogen-bond donors (Lipinski definition) is 6. The van der Waals surface area contributed by atoms with E-state index in [0.717, 1.165) is 85.4 Å². The number of aromatic nitrogens is 4. The van der Waals surface area contributed by atoms with Crippen molar-refractivity contribution in [1.82, 2.24) is 29.7 Å². The van der Waals surface area contributed by atoms with Crippen LogP contribution in [0.25, 0.3) is 20.7 Å². The fraction of sp³-hybridized carbons (Fsp3) is 0.255. The predicted molar refractivity (Wildman–Crippen MR) is 291 cm³/mol. The first-order valence-electron chi connectivity index (χ1n) is 22.9. The van der Waals surface area contributed by atoms with E-state index in [0.29, 0.717) is 67.1 Å². The van der Waals surface area contributed by atoms with Gasteiger partial charge in [0.25, 0.3) is 0 Å². The summed E-state index contributed by atoms with van der Waals surface area (Å²) < 4.78 is 29.2. The van der Waals surface area contributed by atoms with Crippen molar-refractivity contribution >= 4 is 118 Å². The number of anilines is 7. The molecule has 2 aliphatic heterocycles. The number of pyridine rings is 2. The third kappa shape index (κ3) is 13.6. The topological polar surface area (TPSA) is 220 Å². The van der Waals surface area contributed by atoms with E-state index < -0.39 is 11.6 Å². The summed E-state index contributed by atoms with van der Waals surface area (Å²) in [6, 6.07) is 30.0. The molecule has 9 N–H and O–H groups in total. The lowest BCUT2D eigenvalue weighted by molar-refractivity contribution is 0.205. The smallest absolute Gasteiger partial charge is 0.189 e. The number of likely N-dealkylation sites (tertiary alicyclic amines) is 2. The van der Waals surface area contributed by atoms with Crippen LogP contribution in [0.2, 0.25) is 10.0 Å². The van der Waals surface area contributed by atoms with Crippen molar-refractivity contribution in [2.75, 3.05) is 54.1 Å². The van der Waals surface area contributed by atoms with Crippen LogP contribution in [0.5, 0.6) is 0 Å². The first kappa shape index (κ1) is 52.1. The molecular formula is C51H50Cl2F2N14S3. The standard InChI is InChI=1S/C25H23ClFN7S.C14H8ClFN4S2.C12H19N3/c26-20-11-19(5-6-21(20)27)31-22-16(12-28)13-30-24-23(22)35-25(33-24)32-18-3-1-15(2-4-18)14-34-9-7-17(29)8-10-34;1-21-14-20-13-12(22-14)11(7(5-17)6-18-13)19-8-2-3-10(16)9(15)4-8;13-11-3-1-10(2-4-11)9-15-7-5-12(14)6-8-15/h1-6,11,13,17H,7-10,14,29H2,(H2,30,31,32,33);2-4,6H,1H3,(H,18,19);1-4,12H,5-9,13-14H2. The molecule has 0 saturated carbocycles. The number of nitrogens with zero attached hydrogens (tertiary/aromatic N) is 8. The number of nitrogens with one attached hydrogen (secondary N) is 3. The van der Waals surface area contributed by atoms with Crippen molar-refractivity contribution in [1.29, 1.82) is 10.5 Å². The van der Waals surface area contributed by atoms with Crippen LogP contribution in [-0.4, -0.2) is 74.3 Å². The van der Waals surface area contributed by atoms with Crippen LogP contribution < -0.4 is 33.2 Å². The maximum absolute atomic E-state index is 13.6. The van der Waals surface area contributed by atoms with Crippen molar-refractivity contribution in [2.24, 2.45) is 11.5 Å². The van der Waals surface area contributed by atoms with Gasteiger partial charge >= 0.3 is 0 Å². The average Bonchev–Trinajstić information content (AvgIpc) is 4.02. The number of halogens is 4. The highest BCUT2D eigenvalue weighted by atomic mass is 35.5. The first-order chi connectivity index (χ1) is 34.8. The number of nitrogens with two attached hydrogens (primary N) is 3. The molecule has 21 heteroatoms. The summed E-state index contributed by atoms with van der Waals surface area (Å²) in [5, 5.41) is 29.2. The van der Waals surface area contributed by atoms with Gasteiger partial charge in [0.15, 0.2) is 20.8 Å². The minimum atomic E-state index is -0.506. The Morgan fingerprint density at radius 1 is 0.653 bits per heavy atom. The van der Waals surface area contributed by atoms with Crippen LogP contribution in [-0.2, 0) is 13.1 Å². The minimum Gasteiger partial charge on any atom is -0.399 e. The van der Waals surface area contributed by atoms with Crippen LogP contribution >= 0.6 is 57.6 Å². The normalized spacial score (nSPS) is 14.4. The zero-order valence-electron chi connectivity index (χ0n) is 39.0. The van der Waals surface area contributed by atoms with E-state index >= 15 is 0 Å². The Morgan fingerprint density at radius 2 is 1.10 bits per heavy atom. The quantitative estimate of drug-likeness (QED) is 0.0524. The number of piperidine rings is 2. The SMILES string of the molecule is CSc1nc2ncc(C#N)c(Nc3ccc(F)c(Cl)c3)c2s1.N#Cc1cnc2nc(Nc3ccc(CN4CCC(N)CC4)cc3)sc2c1Nc1ccc(F)c(Cl)c1.Nc1ccc(CN2CCC(N)CC2)cc1. The summed E-state index contributed by atoms with van der Waals surface area (Å²) in [5.74, 6) is -0.997. The molecule has 14 nitrogen and oxygen atoms in total. The summed E-state index contributed by atoms with van der Waals surface area (Å²) >= 11 is 16.1. The van der Waals surface area contributed by atoms with E-state index in [1.807, 2.05) is 30.5 Å². The molecule has 0 atom stereocenters. The maximum atomic E-state index is 13.6. The van der Waals surface area contributed by atoms with Gasteiger partial charge in [0.05, 0.1) is 37.2 Å². The molecular weight excluding hydrogens is 1010 g/mol. The van der Waals surface area contributed by atoms with Gasteiger partial charge < -0.3 is 33.2 Å². The maximum Gasteiger partial charge on any atom is 0.189 e. The van der Waals surface area contributed by atoms with Gasteiger partial charge in [-0.3, -0.25) is 9.80 Å². The van der Waals surface area contributed by atoms with E-state index in [-0.39, 0.29) is 10.0 Å². The van der Waals surface area contributed by atoms with Crippen molar-refractivity contribution in [3.8, 4) is 12.1 Å². The van der Waals surface area contributed by atoms with Gasteiger partial charge in [-0.2, -0.15) is 15.5 Å². The second-order valence-corrected chi connectivity index (χ2v) is 21.0. The Balaban J connectivity index is 0.000000159. The molecule has 0 aliphatic carbocycles. The van der Waals surface area contributed by atoms with Crippen molar-refractivity contribution < 1.29 is 8.78 Å². The lowest BCUT2D eigenvalue weighted by Gasteiger charge is -2.30. The number of thiazole rings is 2. The molecule has 0 amide bonds. The molecule has 0 bridgehead atoms. The molecule has 2 aliphatic rings. The van der Waals surface area contributed by atoms with E-state index in [9.17, 15) is 19.3 Å². The lowest BCUT2D eigenvalue weighted by atomic mass is 10.1. The molecule has 8 aromatic rings. The molecule has 6 heterocycles. The second kappa shape index (κ2) is 24.5. The number of nitriles is 2. The third-order valence-electron chi connectivity index (χ3n) is 11.9. The van der Waals surface area contributed by atoms with Gasteiger partial charge in [-0.25, -0.2) is 23.7 Å². The molecule has 2 fully saturated rings. The second-order valence-electron chi connectivity index (χ2n) is 17.1. The van der Waals surface area contributed by atoms with Gasteiger partial charge in [-0.15, -0.1) is 11.3 Å². The summed E-state index contributed by atoms with van der Waals surface area (Å²) in [7, 11) is 0. The molecule has 4 aromatic carbocycles. The Labute approximate surface area is 438 Å². The minimum absolute atomic E-state index is 0.00206. The fourth-order valence-electron chi connectivity index (χ4n) is 7.90. The van der Waals surface area contributed by atoms with Gasteiger partial charge in [0, 0.05) is 60.3 Å². The summed E-state index contributed by atoms with van der Waals surface area (Å²) in [4.78, 5) is 22.4. The monoisotopic (exact) mass is 1060 g/mol. The number of nitrogen functional groups attached to an aromatic ring is 1. The van der Waals surface area contributed by atoms with E-state index in [1.54, 1.807) is 12.1 Å². The van der Waals surface area contributed by atoms with Crippen LogP contribution in [0.1, 0.15) is 47.9 Å². The summed E-state index contributed by atoms with van der Waals surface area (Å²) in [5.41, 5.74) is 26.0. The number of benzene rings is 4. The Kier molecular flexibility index (Phi) is 17.7. The van der Waals surface area contributed by atoms with Crippen LogP contribution in [0.3, 0.4) is 0 Å². The lowest BCUT2D eigenvalue weighted by Crippen LogP contribution is -2.39. The van der Waals surface area contributed by atoms with Crippen LogP contribution in [0, 0.1) is 34.3 Å². The molecule has 0 unspecified atom stereocenters.